The number of carbonyl (C=O) groups is 3. The molecule has 1 unspecified atom stereocenters. The number of unbranched alkanes of at least 4 members (excludes halogenated alkanes) is 1. The molecule has 1 aliphatic heterocycles. The van der Waals surface area contributed by atoms with E-state index in [-0.39, 0.29) is 36.9 Å². The van der Waals surface area contributed by atoms with Gasteiger partial charge in [-0.15, -0.1) is 0 Å². The van der Waals surface area contributed by atoms with Crippen LogP contribution in [0.3, 0.4) is 0 Å². The van der Waals surface area contributed by atoms with Gasteiger partial charge in [0.1, 0.15) is 0 Å². The zero-order valence-corrected chi connectivity index (χ0v) is 11.7. The van der Waals surface area contributed by atoms with Crippen molar-refractivity contribution in [3.8, 4) is 0 Å². The molecule has 108 valence electrons. The largest absolute Gasteiger partial charge is 0.354 e. The maximum Gasteiger partial charge on any atom is 0.324 e. The van der Waals surface area contributed by atoms with Crippen LogP contribution in [-0.2, 0) is 9.59 Å². The van der Waals surface area contributed by atoms with Crippen LogP contribution in [0.1, 0.15) is 39.5 Å². The second-order valence-corrected chi connectivity index (χ2v) is 4.74. The van der Waals surface area contributed by atoms with Crippen molar-refractivity contribution in [2.24, 2.45) is 5.92 Å². The van der Waals surface area contributed by atoms with Crippen LogP contribution in [0.2, 0.25) is 0 Å². The van der Waals surface area contributed by atoms with Gasteiger partial charge in [0.15, 0.2) is 0 Å². The summed E-state index contributed by atoms with van der Waals surface area (Å²) in [5, 5.41) is 5.24. The van der Waals surface area contributed by atoms with Crippen molar-refractivity contribution in [3.63, 3.8) is 0 Å². The molecule has 4 amide bonds. The Bertz CT molecular complexity index is 328. The first-order valence-corrected chi connectivity index (χ1v) is 6.96. The summed E-state index contributed by atoms with van der Waals surface area (Å²) in [6, 6.07) is -0.378. The van der Waals surface area contributed by atoms with E-state index in [4.69, 9.17) is 0 Å². The number of rotatable bonds is 8. The molecule has 0 aromatic heterocycles. The van der Waals surface area contributed by atoms with Crippen LogP contribution < -0.4 is 10.6 Å². The SMILES string of the molecule is CCCCC(CC)C(=O)NCCN1C(=O)CNC1=O. The van der Waals surface area contributed by atoms with Gasteiger partial charge in [-0.25, -0.2) is 4.79 Å². The maximum absolute atomic E-state index is 11.9. The molecule has 1 saturated heterocycles. The van der Waals surface area contributed by atoms with Gasteiger partial charge in [-0.2, -0.15) is 0 Å². The van der Waals surface area contributed by atoms with Gasteiger partial charge in [-0.05, 0) is 12.8 Å². The summed E-state index contributed by atoms with van der Waals surface area (Å²) in [5.74, 6) is -0.191. The highest BCUT2D eigenvalue weighted by molar-refractivity contribution is 6.01. The molecule has 19 heavy (non-hydrogen) atoms. The van der Waals surface area contributed by atoms with Crippen molar-refractivity contribution in [2.75, 3.05) is 19.6 Å². The first-order chi connectivity index (χ1) is 9.10. The molecule has 0 aromatic rings. The van der Waals surface area contributed by atoms with Crippen LogP contribution in [-0.4, -0.2) is 42.4 Å². The number of hydrogen-bond acceptors (Lipinski definition) is 3. The number of urea groups is 1. The zero-order valence-electron chi connectivity index (χ0n) is 11.7. The molecule has 1 atom stereocenters. The highest BCUT2D eigenvalue weighted by Crippen LogP contribution is 2.12. The lowest BCUT2D eigenvalue weighted by Gasteiger charge is -2.16. The molecule has 1 aliphatic rings. The summed E-state index contributed by atoms with van der Waals surface area (Å²) in [6.07, 6.45) is 3.82. The van der Waals surface area contributed by atoms with E-state index < -0.39 is 0 Å². The predicted octanol–water partition coefficient (Wildman–Crippen LogP) is 0.871. The van der Waals surface area contributed by atoms with E-state index in [9.17, 15) is 14.4 Å². The molecule has 1 heterocycles. The summed E-state index contributed by atoms with van der Waals surface area (Å²) < 4.78 is 0. The number of nitrogens with one attached hydrogen (secondary N) is 2. The number of imide groups is 1. The Hall–Kier alpha value is -1.59. The van der Waals surface area contributed by atoms with Crippen molar-refractivity contribution >= 4 is 17.8 Å². The quantitative estimate of drug-likeness (QED) is 0.642. The third kappa shape index (κ3) is 4.54. The van der Waals surface area contributed by atoms with Crippen LogP contribution in [0.5, 0.6) is 0 Å². The Labute approximate surface area is 113 Å². The molecule has 0 radical (unpaired) electrons. The molecule has 0 bridgehead atoms. The minimum absolute atomic E-state index is 0.0167. The summed E-state index contributed by atoms with van der Waals surface area (Å²) in [6.45, 7) is 4.71. The van der Waals surface area contributed by atoms with Gasteiger partial charge in [-0.1, -0.05) is 26.7 Å². The monoisotopic (exact) mass is 269 g/mol. The molecular formula is C13H23N3O3. The topological polar surface area (TPSA) is 78.5 Å². The molecule has 1 fully saturated rings. The van der Waals surface area contributed by atoms with Gasteiger partial charge in [0.25, 0.3) is 0 Å². The number of carbonyl (C=O) groups excluding carboxylic acids is 3. The molecule has 0 saturated carbocycles. The summed E-state index contributed by atoms with van der Waals surface area (Å²) >= 11 is 0. The van der Waals surface area contributed by atoms with Crippen molar-refractivity contribution in [1.29, 1.82) is 0 Å². The van der Waals surface area contributed by atoms with Crippen molar-refractivity contribution in [3.05, 3.63) is 0 Å². The summed E-state index contributed by atoms with van der Waals surface area (Å²) in [7, 11) is 0. The van der Waals surface area contributed by atoms with Crippen LogP contribution in [0.25, 0.3) is 0 Å². The molecular weight excluding hydrogens is 246 g/mol. The maximum atomic E-state index is 11.9. The van der Waals surface area contributed by atoms with E-state index in [1.807, 2.05) is 6.92 Å². The van der Waals surface area contributed by atoms with E-state index in [0.717, 1.165) is 30.6 Å². The fourth-order valence-electron chi connectivity index (χ4n) is 2.09. The average molecular weight is 269 g/mol. The predicted molar refractivity (Wildman–Crippen MR) is 71.4 cm³/mol. The van der Waals surface area contributed by atoms with E-state index >= 15 is 0 Å². The smallest absolute Gasteiger partial charge is 0.324 e. The molecule has 1 rings (SSSR count). The van der Waals surface area contributed by atoms with E-state index in [0.29, 0.717) is 6.54 Å². The third-order valence-corrected chi connectivity index (χ3v) is 3.34. The van der Waals surface area contributed by atoms with Gasteiger partial charge < -0.3 is 10.6 Å². The van der Waals surface area contributed by atoms with Crippen molar-refractivity contribution in [2.45, 2.75) is 39.5 Å². The van der Waals surface area contributed by atoms with Crippen LogP contribution in [0.4, 0.5) is 4.79 Å². The summed E-state index contributed by atoms with van der Waals surface area (Å²) in [4.78, 5) is 35.6. The molecule has 6 nitrogen and oxygen atoms in total. The Morgan fingerprint density at radius 3 is 2.68 bits per heavy atom. The van der Waals surface area contributed by atoms with Crippen molar-refractivity contribution in [1.82, 2.24) is 15.5 Å². The number of nitrogens with zero attached hydrogens (tertiary/aromatic N) is 1. The van der Waals surface area contributed by atoms with Gasteiger partial charge in [-0.3, -0.25) is 14.5 Å². The summed E-state index contributed by atoms with van der Waals surface area (Å²) in [5.41, 5.74) is 0. The fraction of sp³-hybridized carbons (Fsp3) is 0.769. The molecule has 0 spiro atoms. The molecule has 0 aromatic carbocycles. The Balaban J connectivity index is 2.29. The zero-order chi connectivity index (χ0) is 14.3. The van der Waals surface area contributed by atoms with Crippen LogP contribution in [0, 0.1) is 5.92 Å². The number of hydrogen-bond donors (Lipinski definition) is 2. The highest BCUT2D eigenvalue weighted by Gasteiger charge is 2.28. The van der Waals surface area contributed by atoms with Gasteiger partial charge in [0.2, 0.25) is 11.8 Å². The third-order valence-electron chi connectivity index (χ3n) is 3.34. The lowest BCUT2D eigenvalue weighted by Crippen LogP contribution is -2.40. The Morgan fingerprint density at radius 2 is 2.16 bits per heavy atom. The Kier molecular flexibility index (Phi) is 6.32. The van der Waals surface area contributed by atoms with E-state index in [1.165, 1.54) is 0 Å². The minimum atomic E-state index is -0.378. The van der Waals surface area contributed by atoms with Gasteiger partial charge in [0.05, 0.1) is 6.54 Å². The second kappa shape index (κ2) is 7.76. The molecule has 6 heteroatoms. The normalized spacial score (nSPS) is 16.4. The van der Waals surface area contributed by atoms with E-state index in [2.05, 4.69) is 17.6 Å². The first-order valence-electron chi connectivity index (χ1n) is 6.96. The standard InChI is InChI=1S/C13H23N3O3/c1-3-5-6-10(4-2)12(18)14-7-8-16-11(17)9-15-13(16)19/h10H,3-9H2,1-2H3,(H,14,18)(H,15,19). The van der Waals surface area contributed by atoms with Gasteiger partial charge in [0, 0.05) is 19.0 Å². The second-order valence-electron chi connectivity index (χ2n) is 4.74. The molecule has 2 N–H and O–H groups in total. The lowest BCUT2D eigenvalue weighted by molar-refractivity contribution is -0.127. The fourth-order valence-corrected chi connectivity index (χ4v) is 2.09. The van der Waals surface area contributed by atoms with Crippen molar-refractivity contribution < 1.29 is 14.4 Å². The van der Waals surface area contributed by atoms with Crippen LogP contribution >= 0.6 is 0 Å². The first kappa shape index (κ1) is 15.5. The number of amides is 4. The highest BCUT2D eigenvalue weighted by atomic mass is 16.2. The lowest BCUT2D eigenvalue weighted by atomic mass is 9.98. The van der Waals surface area contributed by atoms with E-state index in [1.54, 1.807) is 0 Å². The van der Waals surface area contributed by atoms with Gasteiger partial charge >= 0.3 is 6.03 Å². The minimum Gasteiger partial charge on any atom is -0.354 e. The van der Waals surface area contributed by atoms with Crippen LogP contribution in [0.15, 0.2) is 0 Å². The average Bonchev–Trinajstić information content (AvgIpc) is 2.71. The molecule has 0 aliphatic carbocycles. The Morgan fingerprint density at radius 1 is 1.42 bits per heavy atom.